The molecule has 1 N–H and O–H groups in total. The van der Waals surface area contributed by atoms with Crippen molar-refractivity contribution in [3.8, 4) is 0 Å². The maximum atomic E-state index is 4.16. The Balaban J connectivity index is 2.73. The number of nitrogens with one attached hydrogen (secondary N) is 1. The molecule has 0 radical (unpaired) electrons. The first-order valence-corrected chi connectivity index (χ1v) is 4.15. The molecule has 0 aromatic carbocycles. The molecule has 1 aromatic heterocycles. The number of hydrogen-bond donors (Lipinski definition) is 2. The summed E-state index contributed by atoms with van der Waals surface area (Å²) in [7, 11) is 0. The van der Waals surface area contributed by atoms with Crippen LogP contribution in [0.4, 0.5) is 0 Å². The first-order chi connectivity index (χ1) is 5.17. The number of thiol groups is 1. The van der Waals surface area contributed by atoms with Gasteiger partial charge in [0.05, 0.1) is 0 Å². The highest BCUT2D eigenvalue weighted by atomic mass is 32.1. The fraction of sp³-hybridized carbons (Fsp3) is 0.833. The number of tetrazole rings is 1. The van der Waals surface area contributed by atoms with Gasteiger partial charge in [0.2, 0.25) is 0 Å². The van der Waals surface area contributed by atoms with Crippen LogP contribution in [-0.2, 0) is 5.41 Å². The summed E-state index contributed by atoms with van der Waals surface area (Å²) in [5, 5.41) is 13.8. The van der Waals surface area contributed by atoms with Crippen LogP contribution in [0.3, 0.4) is 0 Å². The van der Waals surface area contributed by atoms with E-state index in [0.29, 0.717) is 0 Å². The van der Waals surface area contributed by atoms with Crippen LogP contribution in [0.1, 0.15) is 26.1 Å². The monoisotopic (exact) mass is 172 g/mol. The molecule has 0 aliphatic rings. The summed E-state index contributed by atoms with van der Waals surface area (Å²) in [5.74, 6) is 1.59. The highest BCUT2D eigenvalue weighted by Crippen LogP contribution is 2.22. The lowest BCUT2D eigenvalue weighted by atomic mass is 9.89. The van der Waals surface area contributed by atoms with Gasteiger partial charge in [-0.15, -0.1) is 10.2 Å². The van der Waals surface area contributed by atoms with Gasteiger partial charge in [0, 0.05) is 5.41 Å². The Hall–Kier alpha value is -0.580. The predicted molar refractivity (Wildman–Crippen MR) is 45.7 cm³/mol. The number of nitrogens with zero attached hydrogens (tertiary/aromatic N) is 3. The topological polar surface area (TPSA) is 54.5 Å². The highest BCUT2D eigenvalue weighted by molar-refractivity contribution is 7.80. The van der Waals surface area contributed by atoms with Gasteiger partial charge in [-0.1, -0.05) is 19.1 Å². The van der Waals surface area contributed by atoms with E-state index in [1.807, 2.05) is 0 Å². The van der Waals surface area contributed by atoms with E-state index >= 15 is 0 Å². The summed E-state index contributed by atoms with van der Waals surface area (Å²) in [6, 6.07) is 0. The van der Waals surface area contributed by atoms with Crippen molar-refractivity contribution in [3.63, 3.8) is 0 Å². The van der Waals surface area contributed by atoms with Crippen LogP contribution in [0, 0.1) is 0 Å². The second-order valence-electron chi connectivity index (χ2n) is 3.09. The maximum Gasteiger partial charge on any atom is 0.180 e. The summed E-state index contributed by atoms with van der Waals surface area (Å²) >= 11 is 4.16. The first kappa shape index (κ1) is 8.52. The molecule has 0 unspecified atom stereocenters. The largest absolute Gasteiger partial charge is 0.180 e. The third-order valence-electron chi connectivity index (χ3n) is 1.69. The average Bonchev–Trinajstić information content (AvgIpc) is 2.37. The van der Waals surface area contributed by atoms with Crippen molar-refractivity contribution in [2.24, 2.45) is 0 Å². The van der Waals surface area contributed by atoms with Crippen LogP contribution in [0.25, 0.3) is 0 Å². The van der Waals surface area contributed by atoms with E-state index in [9.17, 15) is 0 Å². The summed E-state index contributed by atoms with van der Waals surface area (Å²) < 4.78 is 0. The van der Waals surface area contributed by atoms with Crippen LogP contribution < -0.4 is 0 Å². The highest BCUT2D eigenvalue weighted by Gasteiger charge is 2.23. The Bertz CT molecular complexity index is 206. The van der Waals surface area contributed by atoms with Crippen LogP contribution in [-0.4, -0.2) is 26.4 Å². The SMILES string of the molecule is CC(C)(CCS)c1nn[nH]n1. The Labute approximate surface area is 71.2 Å². The Kier molecular flexibility index (Phi) is 2.49. The van der Waals surface area contributed by atoms with E-state index in [0.717, 1.165) is 18.0 Å². The van der Waals surface area contributed by atoms with Gasteiger partial charge in [-0.3, -0.25) is 0 Å². The molecule has 0 atom stereocenters. The molecule has 5 heteroatoms. The maximum absolute atomic E-state index is 4.16. The van der Waals surface area contributed by atoms with Crippen molar-refractivity contribution in [2.75, 3.05) is 5.75 Å². The lowest BCUT2D eigenvalue weighted by molar-refractivity contribution is 0.478. The minimum Gasteiger partial charge on any atom is -0.179 e. The molecule has 0 bridgehead atoms. The van der Waals surface area contributed by atoms with Crippen LogP contribution >= 0.6 is 12.6 Å². The predicted octanol–water partition coefficient (Wildman–Crippen LogP) is 0.797. The van der Waals surface area contributed by atoms with Crippen molar-refractivity contribution in [1.29, 1.82) is 0 Å². The molecule has 4 nitrogen and oxygen atoms in total. The molecule has 0 aliphatic heterocycles. The molecule has 0 fully saturated rings. The van der Waals surface area contributed by atoms with Gasteiger partial charge in [0.1, 0.15) is 0 Å². The number of rotatable bonds is 3. The third-order valence-corrected chi connectivity index (χ3v) is 1.91. The normalized spacial score (nSPS) is 11.9. The first-order valence-electron chi connectivity index (χ1n) is 3.51. The Morgan fingerprint density at radius 1 is 1.55 bits per heavy atom. The zero-order valence-electron chi connectivity index (χ0n) is 6.70. The molecule has 0 spiro atoms. The van der Waals surface area contributed by atoms with E-state index in [-0.39, 0.29) is 5.41 Å². The summed E-state index contributed by atoms with van der Waals surface area (Å²) in [5.41, 5.74) is -0.0191. The third kappa shape index (κ3) is 1.92. The standard InChI is InChI=1S/C6H12N4S/c1-6(2,3-4-11)5-7-9-10-8-5/h11H,3-4H2,1-2H3,(H,7,8,9,10). The molecular formula is C6H12N4S. The minimum absolute atomic E-state index is 0.0191. The quantitative estimate of drug-likeness (QED) is 0.663. The molecule has 0 saturated heterocycles. The summed E-state index contributed by atoms with van der Waals surface area (Å²) in [6.07, 6.45) is 0.954. The second-order valence-corrected chi connectivity index (χ2v) is 3.54. The molecule has 1 heterocycles. The Morgan fingerprint density at radius 3 is 2.73 bits per heavy atom. The smallest absolute Gasteiger partial charge is 0.179 e. The molecular weight excluding hydrogens is 160 g/mol. The van der Waals surface area contributed by atoms with E-state index < -0.39 is 0 Å². The zero-order chi connectivity index (χ0) is 8.32. The number of H-pyrrole nitrogens is 1. The number of aromatic nitrogens is 4. The molecule has 1 aromatic rings. The molecule has 0 saturated carbocycles. The van der Waals surface area contributed by atoms with Crippen molar-refractivity contribution in [3.05, 3.63) is 5.82 Å². The van der Waals surface area contributed by atoms with Crippen LogP contribution in [0.2, 0.25) is 0 Å². The van der Waals surface area contributed by atoms with E-state index in [1.165, 1.54) is 0 Å². The van der Waals surface area contributed by atoms with Gasteiger partial charge in [-0.2, -0.15) is 17.8 Å². The fourth-order valence-corrected chi connectivity index (χ4v) is 1.40. The van der Waals surface area contributed by atoms with Gasteiger partial charge in [0.25, 0.3) is 0 Å². The van der Waals surface area contributed by atoms with Crippen molar-refractivity contribution >= 4 is 12.6 Å². The summed E-state index contributed by atoms with van der Waals surface area (Å²) in [6.45, 7) is 4.15. The molecule has 0 aliphatic carbocycles. The fourth-order valence-electron chi connectivity index (χ4n) is 0.840. The van der Waals surface area contributed by atoms with E-state index in [4.69, 9.17) is 0 Å². The molecule has 1 rings (SSSR count). The molecule has 11 heavy (non-hydrogen) atoms. The van der Waals surface area contributed by atoms with Gasteiger partial charge < -0.3 is 0 Å². The summed E-state index contributed by atoms with van der Waals surface area (Å²) in [4.78, 5) is 0. The zero-order valence-corrected chi connectivity index (χ0v) is 7.60. The second kappa shape index (κ2) is 3.21. The van der Waals surface area contributed by atoms with Crippen LogP contribution in [0.15, 0.2) is 0 Å². The van der Waals surface area contributed by atoms with Crippen molar-refractivity contribution in [2.45, 2.75) is 25.7 Å². The molecule has 62 valence electrons. The van der Waals surface area contributed by atoms with E-state index in [2.05, 4.69) is 47.1 Å². The lowest BCUT2D eigenvalue weighted by Gasteiger charge is -2.17. The minimum atomic E-state index is -0.0191. The number of hydrogen-bond acceptors (Lipinski definition) is 4. The van der Waals surface area contributed by atoms with Gasteiger partial charge in [-0.05, 0) is 12.2 Å². The number of aromatic amines is 1. The van der Waals surface area contributed by atoms with E-state index in [1.54, 1.807) is 0 Å². The average molecular weight is 172 g/mol. The lowest BCUT2D eigenvalue weighted by Crippen LogP contribution is -2.19. The molecule has 0 amide bonds. The Morgan fingerprint density at radius 2 is 2.27 bits per heavy atom. The van der Waals surface area contributed by atoms with Gasteiger partial charge in [0.15, 0.2) is 5.82 Å². The van der Waals surface area contributed by atoms with Gasteiger partial charge >= 0.3 is 0 Å². The van der Waals surface area contributed by atoms with Crippen molar-refractivity contribution < 1.29 is 0 Å². The van der Waals surface area contributed by atoms with Gasteiger partial charge in [-0.25, -0.2) is 0 Å². The van der Waals surface area contributed by atoms with Crippen LogP contribution in [0.5, 0.6) is 0 Å². The van der Waals surface area contributed by atoms with Crippen molar-refractivity contribution in [1.82, 2.24) is 20.6 Å².